The summed E-state index contributed by atoms with van der Waals surface area (Å²) in [4.78, 5) is 13.3. The number of hydrogen-bond acceptors (Lipinski definition) is 2. The number of carbonyl (C=O) groups is 1. The number of rotatable bonds is 2. The summed E-state index contributed by atoms with van der Waals surface area (Å²) in [6.07, 6.45) is 1.11. The van der Waals surface area contributed by atoms with Gasteiger partial charge >= 0.3 is 0 Å². The molecule has 0 aromatic heterocycles. The van der Waals surface area contributed by atoms with Crippen LogP contribution in [0.25, 0.3) is 0 Å². The third-order valence-electron chi connectivity index (χ3n) is 3.11. The number of halogens is 1. The van der Waals surface area contributed by atoms with Crippen LogP contribution in [0.3, 0.4) is 0 Å². The Morgan fingerprint density at radius 3 is 3.06 bits per heavy atom. The highest BCUT2D eigenvalue weighted by atomic mass is 19.1. The van der Waals surface area contributed by atoms with Crippen molar-refractivity contribution >= 4 is 5.91 Å². The van der Waals surface area contributed by atoms with Gasteiger partial charge in [-0.2, -0.15) is 0 Å². The van der Waals surface area contributed by atoms with Crippen molar-refractivity contribution in [2.24, 2.45) is 0 Å². The van der Waals surface area contributed by atoms with Gasteiger partial charge in [0.1, 0.15) is 11.9 Å². The van der Waals surface area contributed by atoms with Crippen LogP contribution in [-0.4, -0.2) is 30.5 Å². The quantitative estimate of drug-likeness (QED) is 0.752. The molecule has 0 spiro atoms. The lowest BCUT2D eigenvalue weighted by Gasteiger charge is -2.32. The average Bonchev–Trinajstić information content (AvgIpc) is 2.41. The number of aryl methyl sites for hydroxylation is 1. The second-order valence-corrected chi connectivity index (χ2v) is 4.36. The highest BCUT2D eigenvalue weighted by Crippen LogP contribution is 2.24. The molecule has 0 radical (unpaired) electrons. The molecule has 1 aliphatic heterocycles. The lowest BCUT2D eigenvalue weighted by molar-refractivity contribution is -0.133. The fourth-order valence-corrected chi connectivity index (χ4v) is 2.05. The van der Waals surface area contributed by atoms with Crippen molar-refractivity contribution in [3.63, 3.8) is 0 Å². The Labute approximate surface area is 106 Å². The molecule has 96 valence electrons. The van der Waals surface area contributed by atoms with Crippen LogP contribution < -0.4 is 0 Å². The first-order chi connectivity index (χ1) is 8.61. The zero-order valence-corrected chi connectivity index (χ0v) is 10.4. The lowest BCUT2D eigenvalue weighted by Crippen LogP contribution is -2.41. The molecule has 2 rings (SSSR count). The van der Waals surface area contributed by atoms with Gasteiger partial charge in [0.2, 0.25) is 5.91 Å². The van der Waals surface area contributed by atoms with Crippen LogP contribution in [0, 0.1) is 12.7 Å². The van der Waals surface area contributed by atoms with Gasteiger partial charge in [-0.1, -0.05) is 18.7 Å². The van der Waals surface area contributed by atoms with E-state index < -0.39 is 0 Å². The smallest absolute Gasteiger partial charge is 0.246 e. The summed E-state index contributed by atoms with van der Waals surface area (Å²) in [7, 11) is 0. The summed E-state index contributed by atoms with van der Waals surface area (Å²) in [6, 6.07) is 4.90. The van der Waals surface area contributed by atoms with Gasteiger partial charge in [-0.25, -0.2) is 4.39 Å². The van der Waals surface area contributed by atoms with Crippen LogP contribution in [0.15, 0.2) is 30.9 Å². The zero-order chi connectivity index (χ0) is 13.1. The van der Waals surface area contributed by atoms with Gasteiger partial charge in [0.15, 0.2) is 0 Å². The summed E-state index contributed by atoms with van der Waals surface area (Å²) in [5.74, 6) is -0.323. The number of nitrogens with zero attached hydrogens (tertiary/aromatic N) is 1. The summed E-state index contributed by atoms with van der Waals surface area (Å²) in [6.45, 7) is 6.73. The molecule has 0 aliphatic carbocycles. The van der Waals surface area contributed by atoms with Crippen molar-refractivity contribution in [3.8, 4) is 0 Å². The second-order valence-electron chi connectivity index (χ2n) is 4.36. The van der Waals surface area contributed by atoms with Gasteiger partial charge < -0.3 is 9.64 Å². The van der Waals surface area contributed by atoms with E-state index in [-0.39, 0.29) is 17.8 Å². The van der Waals surface area contributed by atoms with Gasteiger partial charge in [-0.05, 0) is 30.2 Å². The summed E-state index contributed by atoms with van der Waals surface area (Å²) >= 11 is 0. The van der Waals surface area contributed by atoms with Crippen molar-refractivity contribution in [2.45, 2.75) is 13.0 Å². The molecule has 1 atom stereocenters. The summed E-state index contributed by atoms with van der Waals surface area (Å²) < 4.78 is 18.8. The highest BCUT2D eigenvalue weighted by Gasteiger charge is 2.24. The third kappa shape index (κ3) is 2.59. The predicted molar refractivity (Wildman–Crippen MR) is 66.6 cm³/mol. The maximum Gasteiger partial charge on any atom is 0.246 e. The number of carbonyl (C=O) groups excluding carboxylic acids is 1. The average molecular weight is 249 g/mol. The van der Waals surface area contributed by atoms with E-state index in [4.69, 9.17) is 4.74 Å². The Morgan fingerprint density at radius 2 is 2.39 bits per heavy atom. The first-order valence-electron chi connectivity index (χ1n) is 5.91. The van der Waals surface area contributed by atoms with E-state index in [1.54, 1.807) is 24.0 Å². The molecule has 0 bridgehead atoms. The Morgan fingerprint density at radius 1 is 1.61 bits per heavy atom. The largest absolute Gasteiger partial charge is 0.370 e. The van der Waals surface area contributed by atoms with E-state index >= 15 is 0 Å². The highest BCUT2D eigenvalue weighted by molar-refractivity contribution is 5.87. The maximum absolute atomic E-state index is 13.2. The molecule has 4 heteroatoms. The van der Waals surface area contributed by atoms with Crippen LogP contribution >= 0.6 is 0 Å². The molecule has 0 saturated carbocycles. The number of ether oxygens (including phenoxy) is 1. The Hall–Kier alpha value is -1.68. The molecular formula is C14H16FNO2. The molecule has 1 unspecified atom stereocenters. The standard InChI is InChI=1S/C14H16FNO2/c1-3-14(17)16-6-7-18-13(9-16)11-4-5-12(15)10(2)8-11/h3-5,8,13H,1,6-7,9H2,2H3. The van der Waals surface area contributed by atoms with Gasteiger partial charge in [0.25, 0.3) is 0 Å². The van der Waals surface area contributed by atoms with E-state index in [1.807, 2.05) is 0 Å². The van der Waals surface area contributed by atoms with E-state index in [0.717, 1.165) is 5.56 Å². The fraction of sp³-hybridized carbons (Fsp3) is 0.357. The second kappa shape index (κ2) is 5.31. The van der Waals surface area contributed by atoms with Crippen LogP contribution in [-0.2, 0) is 9.53 Å². The lowest BCUT2D eigenvalue weighted by atomic mass is 10.0. The van der Waals surface area contributed by atoms with E-state index in [0.29, 0.717) is 25.3 Å². The molecule has 1 aromatic rings. The minimum atomic E-state index is -0.228. The van der Waals surface area contributed by atoms with Crippen molar-refractivity contribution in [1.82, 2.24) is 4.90 Å². The van der Waals surface area contributed by atoms with Crippen molar-refractivity contribution in [3.05, 3.63) is 47.8 Å². The molecular weight excluding hydrogens is 233 g/mol. The van der Waals surface area contributed by atoms with Gasteiger partial charge in [0, 0.05) is 6.54 Å². The van der Waals surface area contributed by atoms with Gasteiger partial charge in [-0.15, -0.1) is 0 Å². The van der Waals surface area contributed by atoms with E-state index in [9.17, 15) is 9.18 Å². The third-order valence-corrected chi connectivity index (χ3v) is 3.11. The molecule has 1 aliphatic rings. The van der Waals surface area contributed by atoms with E-state index in [2.05, 4.69) is 6.58 Å². The SMILES string of the molecule is C=CC(=O)N1CCOC(c2ccc(F)c(C)c2)C1. The topological polar surface area (TPSA) is 29.5 Å². The van der Waals surface area contributed by atoms with Crippen LogP contribution in [0.1, 0.15) is 17.2 Å². The molecule has 1 aromatic carbocycles. The Kier molecular flexibility index (Phi) is 3.77. The number of morpholine rings is 1. The summed E-state index contributed by atoms with van der Waals surface area (Å²) in [5, 5.41) is 0. The van der Waals surface area contributed by atoms with Gasteiger partial charge in [0.05, 0.1) is 13.2 Å². The predicted octanol–water partition coefficient (Wildman–Crippen LogP) is 2.22. The van der Waals surface area contributed by atoms with Crippen molar-refractivity contribution in [2.75, 3.05) is 19.7 Å². The number of hydrogen-bond donors (Lipinski definition) is 0. The molecule has 1 amide bonds. The molecule has 3 nitrogen and oxygen atoms in total. The monoisotopic (exact) mass is 249 g/mol. The molecule has 1 heterocycles. The zero-order valence-electron chi connectivity index (χ0n) is 10.4. The number of amides is 1. The minimum Gasteiger partial charge on any atom is -0.370 e. The minimum absolute atomic E-state index is 0.0952. The maximum atomic E-state index is 13.2. The van der Waals surface area contributed by atoms with Crippen molar-refractivity contribution in [1.29, 1.82) is 0 Å². The fourth-order valence-electron chi connectivity index (χ4n) is 2.05. The van der Waals surface area contributed by atoms with E-state index in [1.165, 1.54) is 12.1 Å². The molecule has 1 fully saturated rings. The van der Waals surface area contributed by atoms with Crippen molar-refractivity contribution < 1.29 is 13.9 Å². The first-order valence-corrected chi connectivity index (χ1v) is 5.91. The normalized spacial score (nSPS) is 19.7. The van der Waals surface area contributed by atoms with Crippen LogP contribution in [0.2, 0.25) is 0 Å². The number of benzene rings is 1. The van der Waals surface area contributed by atoms with Gasteiger partial charge in [-0.3, -0.25) is 4.79 Å². The molecule has 18 heavy (non-hydrogen) atoms. The molecule has 1 saturated heterocycles. The first kappa shape index (κ1) is 12.8. The molecule has 0 N–H and O–H groups in total. The summed E-state index contributed by atoms with van der Waals surface area (Å²) in [5.41, 5.74) is 1.48. The Balaban J connectivity index is 2.15. The van der Waals surface area contributed by atoms with Crippen LogP contribution in [0.5, 0.6) is 0 Å². The Bertz CT molecular complexity index is 473. The van der Waals surface area contributed by atoms with Crippen LogP contribution in [0.4, 0.5) is 4.39 Å².